The van der Waals surface area contributed by atoms with Crippen LogP contribution in [-0.4, -0.2) is 34.9 Å². The maximum absolute atomic E-state index is 12.5. The molecule has 0 unspecified atom stereocenters. The number of carbonyl (C=O) groups excluding carboxylic acids is 1. The van der Waals surface area contributed by atoms with Gasteiger partial charge >= 0.3 is 0 Å². The second kappa shape index (κ2) is 8.30. The van der Waals surface area contributed by atoms with Gasteiger partial charge in [-0.2, -0.15) is 0 Å². The standard InChI is InChI=1S/C20H27N3O2/c1-3-18-17(14-23-10-4-5-11-23)13-19(25-18)20(24)22-15(2)12-16-6-8-21-9-7-16/h6-9,13,15H,3-5,10-12,14H2,1-2H3,(H,22,24)/t15-/m1/s1. The summed E-state index contributed by atoms with van der Waals surface area (Å²) in [6.45, 7) is 7.23. The van der Waals surface area contributed by atoms with Crippen LogP contribution in [0.1, 0.15) is 54.1 Å². The Hall–Kier alpha value is -2.14. The van der Waals surface area contributed by atoms with Gasteiger partial charge in [0.1, 0.15) is 5.76 Å². The monoisotopic (exact) mass is 341 g/mol. The number of rotatable bonds is 7. The molecule has 1 amide bonds. The first-order valence-corrected chi connectivity index (χ1v) is 9.19. The molecule has 5 nitrogen and oxygen atoms in total. The summed E-state index contributed by atoms with van der Waals surface area (Å²) in [5.41, 5.74) is 2.31. The number of pyridine rings is 1. The number of nitrogens with zero attached hydrogens (tertiary/aromatic N) is 2. The topological polar surface area (TPSA) is 58.4 Å². The number of hydrogen-bond acceptors (Lipinski definition) is 4. The van der Waals surface area contributed by atoms with Gasteiger partial charge in [-0.1, -0.05) is 6.92 Å². The van der Waals surface area contributed by atoms with Crippen molar-refractivity contribution >= 4 is 5.91 Å². The molecule has 1 aliphatic rings. The molecule has 134 valence electrons. The Morgan fingerprint density at radius 3 is 2.72 bits per heavy atom. The third-order valence-corrected chi connectivity index (χ3v) is 4.70. The number of aromatic nitrogens is 1. The van der Waals surface area contributed by atoms with E-state index in [4.69, 9.17) is 4.42 Å². The van der Waals surface area contributed by atoms with Crippen LogP contribution in [0.15, 0.2) is 35.0 Å². The molecule has 1 atom stereocenters. The third kappa shape index (κ3) is 4.69. The highest BCUT2D eigenvalue weighted by molar-refractivity contribution is 5.92. The molecule has 0 bridgehead atoms. The fraction of sp³-hybridized carbons (Fsp3) is 0.500. The van der Waals surface area contributed by atoms with Crippen LogP contribution in [-0.2, 0) is 19.4 Å². The SMILES string of the molecule is CCc1oc(C(=O)N[C@H](C)Cc2ccncc2)cc1CN1CCCC1. The lowest BCUT2D eigenvalue weighted by atomic mass is 10.1. The minimum Gasteiger partial charge on any atom is -0.456 e. The molecule has 0 saturated carbocycles. The Bertz CT molecular complexity index is 690. The fourth-order valence-corrected chi connectivity index (χ4v) is 3.41. The second-order valence-corrected chi connectivity index (χ2v) is 6.83. The van der Waals surface area contributed by atoms with Crippen molar-refractivity contribution in [3.8, 4) is 0 Å². The van der Waals surface area contributed by atoms with Crippen molar-refractivity contribution < 1.29 is 9.21 Å². The summed E-state index contributed by atoms with van der Waals surface area (Å²) >= 11 is 0. The van der Waals surface area contributed by atoms with Crippen LogP contribution in [0.3, 0.4) is 0 Å². The zero-order chi connectivity index (χ0) is 17.6. The number of nitrogens with one attached hydrogen (secondary N) is 1. The number of aryl methyl sites for hydroxylation is 1. The predicted octanol–water partition coefficient (Wildman–Crippen LogP) is 3.19. The highest BCUT2D eigenvalue weighted by atomic mass is 16.4. The number of hydrogen-bond donors (Lipinski definition) is 1. The van der Waals surface area contributed by atoms with Crippen LogP contribution >= 0.6 is 0 Å². The quantitative estimate of drug-likeness (QED) is 0.840. The van der Waals surface area contributed by atoms with E-state index in [2.05, 4.69) is 22.1 Å². The van der Waals surface area contributed by atoms with E-state index >= 15 is 0 Å². The summed E-state index contributed by atoms with van der Waals surface area (Å²) in [5.74, 6) is 1.22. The minimum atomic E-state index is -0.135. The normalized spacial score (nSPS) is 16.1. The highest BCUT2D eigenvalue weighted by Gasteiger charge is 2.20. The van der Waals surface area contributed by atoms with Gasteiger partial charge in [-0.15, -0.1) is 0 Å². The largest absolute Gasteiger partial charge is 0.456 e. The van der Waals surface area contributed by atoms with E-state index in [1.807, 2.05) is 25.1 Å². The summed E-state index contributed by atoms with van der Waals surface area (Å²) in [5, 5.41) is 3.04. The Labute approximate surface area is 149 Å². The Morgan fingerprint density at radius 2 is 2.04 bits per heavy atom. The van der Waals surface area contributed by atoms with Crippen LogP contribution in [0.5, 0.6) is 0 Å². The van der Waals surface area contributed by atoms with Crippen LogP contribution in [0.25, 0.3) is 0 Å². The lowest BCUT2D eigenvalue weighted by Gasteiger charge is -2.13. The van der Waals surface area contributed by atoms with Gasteiger partial charge < -0.3 is 9.73 Å². The molecule has 1 aliphatic heterocycles. The van der Waals surface area contributed by atoms with E-state index in [1.165, 1.54) is 12.8 Å². The van der Waals surface area contributed by atoms with Gasteiger partial charge in [0.15, 0.2) is 5.76 Å². The molecule has 2 aromatic rings. The molecule has 1 fully saturated rings. The van der Waals surface area contributed by atoms with Crippen molar-refractivity contribution in [2.45, 2.75) is 52.1 Å². The van der Waals surface area contributed by atoms with Gasteiger partial charge in [-0.05, 0) is 63.0 Å². The summed E-state index contributed by atoms with van der Waals surface area (Å²) in [7, 11) is 0. The maximum Gasteiger partial charge on any atom is 0.287 e. The average molecular weight is 341 g/mol. The third-order valence-electron chi connectivity index (χ3n) is 4.70. The average Bonchev–Trinajstić information content (AvgIpc) is 3.25. The van der Waals surface area contributed by atoms with E-state index in [9.17, 15) is 4.79 Å². The Kier molecular flexibility index (Phi) is 5.87. The van der Waals surface area contributed by atoms with Gasteiger partial charge in [0.05, 0.1) is 0 Å². The first-order chi connectivity index (χ1) is 12.2. The lowest BCUT2D eigenvalue weighted by Crippen LogP contribution is -2.33. The molecular weight excluding hydrogens is 314 g/mol. The lowest BCUT2D eigenvalue weighted by molar-refractivity contribution is 0.0910. The molecule has 0 radical (unpaired) electrons. The molecule has 0 spiro atoms. The molecule has 3 heterocycles. The van der Waals surface area contributed by atoms with Crippen molar-refractivity contribution in [3.63, 3.8) is 0 Å². The van der Waals surface area contributed by atoms with Crippen LogP contribution < -0.4 is 5.32 Å². The molecule has 0 aromatic carbocycles. The van der Waals surface area contributed by atoms with Gasteiger partial charge in [0, 0.05) is 37.0 Å². The van der Waals surface area contributed by atoms with Crippen molar-refractivity contribution in [2.24, 2.45) is 0 Å². The number of carbonyl (C=O) groups is 1. The van der Waals surface area contributed by atoms with E-state index in [0.717, 1.165) is 49.4 Å². The number of amides is 1. The molecule has 2 aromatic heterocycles. The minimum absolute atomic E-state index is 0.0344. The van der Waals surface area contributed by atoms with Gasteiger partial charge in [-0.3, -0.25) is 14.7 Å². The molecule has 25 heavy (non-hydrogen) atoms. The van der Waals surface area contributed by atoms with Gasteiger partial charge in [0.25, 0.3) is 5.91 Å². The summed E-state index contributed by atoms with van der Waals surface area (Å²) in [4.78, 5) is 19.0. The van der Waals surface area contributed by atoms with Crippen molar-refractivity contribution in [1.29, 1.82) is 0 Å². The van der Waals surface area contributed by atoms with Gasteiger partial charge in [0.2, 0.25) is 0 Å². The van der Waals surface area contributed by atoms with Crippen LogP contribution in [0.4, 0.5) is 0 Å². The summed E-state index contributed by atoms with van der Waals surface area (Å²) < 4.78 is 5.84. The highest BCUT2D eigenvalue weighted by Crippen LogP contribution is 2.21. The van der Waals surface area contributed by atoms with E-state index in [0.29, 0.717) is 5.76 Å². The van der Waals surface area contributed by atoms with E-state index in [-0.39, 0.29) is 11.9 Å². The maximum atomic E-state index is 12.5. The summed E-state index contributed by atoms with van der Waals surface area (Å²) in [6.07, 6.45) is 7.65. The Morgan fingerprint density at radius 1 is 1.32 bits per heavy atom. The van der Waals surface area contributed by atoms with Gasteiger partial charge in [-0.25, -0.2) is 0 Å². The molecule has 1 N–H and O–H groups in total. The zero-order valence-electron chi connectivity index (χ0n) is 15.1. The fourth-order valence-electron chi connectivity index (χ4n) is 3.41. The molecule has 1 saturated heterocycles. The first kappa shape index (κ1) is 17.7. The molecule has 0 aliphatic carbocycles. The molecule has 3 rings (SSSR count). The predicted molar refractivity (Wildman–Crippen MR) is 97.5 cm³/mol. The zero-order valence-corrected chi connectivity index (χ0v) is 15.1. The van der Waals surface area contributed by atoms with Crippen molar-refractivity contribution in [3.05, 3.63) is 53.2 Å². The Balaban J connectivity index is 1.62. The van der Waals surface area contributed by atoms with Crippen molar-refractivity contribution in [1.82, 2.24) is 15.2 Å². The number of likely N-dealkylation sites (tertiary alicyclic amines) is 1. The first-order valence-electron chi connectivity index (χ1n) is 9.19. The summed E-state index contributed by atoms with van der Waals surface area (Å²) in [6, 6.07) is 5.90. The number of furan rings is 1. The van der Waals surface area contributed by atoms with Crippen LogP contribution in [0.2, 0.25) is 0 Å². The smallest absolute Gasteiger partial charge is 0.287 e. The molecule has 5 heteroatoms. The van der Waals surface area contributed by atoms with Crippen LogP contribution in [0, 0.1) is 0 Å². The second-order valence-electron chi connectivity index (χ2n) is 6.83. The van der Waals surface area contributed by atoms with E-state index in [1.54, 1.807) is 12.4 Å². The molecular formula is C20H27N3O2. The van der Waals surface area contributed by atoms with E-state index < -0.39 is 0 Å². The van der Waals surface area contributed by atoms with Crippen molar-refractivity contribution in [2.75, 3.05) is 13.1 Å².